The molecule has 1 saturated heterocycles. The normalized spacial score (nSPS) is 20.7. The minimum Gasteiger partial charge on any atom is -0.493 e. The fourth-order valence-electron chi connectivity index (χ4n) is 5.76. The van der Waals surface area contributed by atoms with Crippen LogP contribution in [-0.4, -0.2) is 52.3 Å². The lowest BCUT2D eigenvalue weighted by Gasteiger charge is -2.38. The maximum absolute atomic E-state index is 13.0. The van der Waals surface area contributed by atoms with Gasteiger partial charge in [-0.15, -0.1) is 0 Å². The molecule has 1 saturated carbocycles. The summed E-state index contributed by atoms with van der Waals surface area (Å²) in [5, 5.41) is 2.95. The van der Waals surface area contributed by atoms with Gasteiger partial charge in [0, 0.05) is 31.5 Å². The van der Waals surface area contributed by atoms with Crippen molar-refractivity contribution in [3.63, 3.8) is 0 Å². The van der Waals surface area contributed by atoms with E-state index >= 15 is 0 Å². The molecule has 2 fully saturated rings. The molecule has 0 radical (unpaired) electrons. The summed E-state index contributed by atoms with van der Waals surface area (Å²) in [6, 6.07) is 11.0. The molecule has 1 atom stereocenters. The Labute approximate surface area is 217 Å². The monoisotopic (exact) mass is 502 g/mol. The zero-order chi connectivity index (χ0) is 25.6. The Hall–Kier alpha value is -3.39. The highest BCUT2D eigenvalue weighted by atomic mass is 16.7. The minimum absolute atomic E-state index is 0.248. The van der Waals surface area contributed by atoms with Crippen LogP contribution in [0.3, 0.4) is 0 Å². The summed E-state index contributed by atoms with van der Waals surface area (Å²) in [4.78, 5) is 25.3. The van der Waals surface area contributed by atoms with Crippen molar-refractivity contribution in [2.45, 2.75) is 76.8 Å². The smallest absolute Gasteiger partial charge is 0.251 e. The van der Waals surface area contributed by atoms with E-state index in [0.717, 1.165) is 23.5 Å². The number of likely N-dealkylation sites (tertiary alicyclic amines) is 1. The molecule has 8 heteroatoms. The van der Waals surface area contributed by atoms with Crippen LogP contribution in [0.2, 0.25) is 0 Å². The molecule has 37 heavy (non-hydrogen) atoms. The Balaban J connectivity index is 1.15. The first-order chi connectivity index (χ1) is 17.9. The number of hydrogen-bond acceptors (Lipinski definition) is 7. The van der Waals surface area contributed by atoms with Gasteiger partial charge in [-0.1, -0.05) is 18.6 Å². The first kappa shape index (κ1) is 24.0. The Kier molecular flexibility index (Phi) is 6.15. The Morgan fingerprint density at radius 1 is 1.19 bits per heavy atom. The largest absolute Gasteiger partial charge is 0.493 e. The molecule has 1 N–H and O–H groups in total. The number of carbonyl (C=O) groups is 1. The van der Waals surface area contributed by atoms with Gasteiger partial charge in [0.05, 0.1) is 36.6 Å². The van der Waals surface area contributed by atoms with E-state index in [4.69, 9.17) is 24.2 Å². The summed E-state index contributed by atoms with van der Waals surface area (Å²) in [5.74, 6) is 0.406. The topological polar surface area (TPSA) is 85.8 Å². The van der Waals surface area contributed by atoms with Crippen molar-refractivity contribution in [2.24, 2.45) is 0 Å². The fraction of sp³-hybridized carbons (Fsp3) is 0.483. The number of rotatable bonds is 7. The second kappa shape index (κ2) is 9.49. The quantitative estimate of drug-likeness (QED) is 0.504. The van der Waals surface area contributed by atoms with Crippen molar-refractivity contribution < 1.29 is 19.0 Å². The summed E-state index contributed by atoms with van der Waals surface area (Å²) >= 11 is 0. The average Bonchev–Trinajstić information content (AvgIpc) is 3.42. The van der Waals surface area contributed by atoms with Crippen LogP contribution < -0.4 is 19.5 Å². The number of nitrogens with one attached hydrogen (secondary N) is 1. The highest BCUT2D eigenvalue weighted by Gasteiger charge is 2.36. The molecular weight excluding hydrogens is 468 g/mol. The number of amides is 1. The number of aromatic nitrogens is 2. The molecule has 3 heterocycles. The Morgan fingerprint density at radius 2 is 2.05 bits per heavy atom. The molecule has 1 aromatic heterocycles. The van der Waals surface area contributed by atoms with Crippen molar-refractivity contribution in [2.75, 3.05) is 13.7 Å². The van der Waals surface area contributed by atoms with Crippen LogP contribution in [0, 0.1) is 0 Å². The Bertz CT molecular complexity index is 1340. The van der Waals surface area contributed by atoms with Gasteiger partial charge in [0.2, 0.25) is 11.5 Å². The number of nitrogens with zero attached hydrogens (tertiary/aromatic N) is 3. The van der Waals surface area contributed by atoms with E-state index in [9.17, 15) is 4.79 Å². The SMILES string of the molecule is COc1cc(C(=O)NCc2cnc3c(CC4CCCN4C4CCC4)cccc3n2)cc2c1OC(C)(C)O2. The number of benzene rings is 2. The summed E-state index contributed by atoms with van der Waals surface area (Å²) in [6.07, 6.45) is 9.39. The number of hydrogen-bond donors (Lipinski definition) is 1. The van der Waals surface area contributed by atoms with E-state index in [-0.39, 0.29) is 12.5 Å². The molecule has 0 bridgehead atoms. The molecule has 1 unspecified atom stereocenters. The van der Waals surface area contributed by atoms with Gasteiger partial charge in [-0.2, -0.15) is 0 Å². The van der Waals surface area contributed by atoms with Crippen molar-refractivity contribution >= 4 is 16.9 Å². The van der Waals surface area contributed by atoms with Crippen molar-refractivity contribution in [1.82, 2.24) is 20.2 Å². The predicted molar refractivity (Wildman–Crippen MR) is 140 cm³/mol. The molecule has 8 nitrogen and oxygen atoms in total. The standard InChI is InChI=1S/C29H34N4O4/c1-29(2)36-25-15-19(14-24(35-3)27(25)37-29)28(34)31-17-20-16-30-26-18(7-4-11-23(26)32-20)13-22-10-6-12-33(22)21-8-5-9-21/h4,7,11,14-16,21-22H,5-6,8-10,12-13,17H2,1-3H3,(H,31,34). The van der Waals surface area contributed by atoms with Crippen LogP contribution >= 0.6 is 0 Å². The summed E-state index contributed by atoms with van der Waals surface area (Å²) in [5.41, 5.74) is 4.22. The van der Waals surface area contributed by atoms with Crippen LogP contribution in [0.25, 0.3) is 11.0 Å². The van der Waals surface area contributed by atoms with E-state index in [1.807, 2.05) is 19.9 Å². The molecule has 1 aliphatic carbocycles. The average molecular weight is 503 g/mol. The number of carbonyl (C=O) groups excluding carboxylic acids is 1. The summed E-state index contributed by atoms with van der Waals surface area (Å²) in [6.45, 7) is 5.12. The number of ether oxygens (including phenoxy) is 3. The third-order valence-corrected chi connectivity index (χ3v) is 7.76. The van der Waals surface area contributed by atoms with Gasteiger partial charge in [-0.3, -0.25) is 14.7 Å². The molecule has 2 aliphatic heterocycles. The lowest BCUT2D eigenvalue weighted by molar-refractivity contribution is -0.0439. The fourth-order valence-corrected chi connectivity index (χ4v) is 5.76. The highest BCUT2D eigenvalue weighted by molar-refractivity contribution is 5.95. The lowest BCUT2D eigenvalue weighted by atomic mass is 9.90. The van der Waals surface area contributed by atoms with Gasteiger partial charge in [-0.25, -0.2) is 4.98 Å². The van der Waals surface area contributed by atoms with Gasteiger partial charge >= 0.3 is 0 Å². The molecule has 1 amide bonds. The highest BCUT2D eigenvalue weighted by Crippen LogP contribution is 2.46. The first-order valence-electron chi connectivity index (χ1n) is 13.3. The molecule has 3 aromatic rings. The molecular formula is C29H34N4O4. The zero-order valence-electron chi connectivity index (χ0n) is 21.8. The van der Waals surface area contributed by atoms with Crippen LogP contribution in [0.1, 0.15) is 67.6 Å². The van der Waals surface area contributed by atoms with Crippen LogP contribution in [0.5, 0.6) is 17.2 Å². The van der Waals surface area contributed by atoms with Gasteiger partial charge in [-0.05, 0) is 62.4 Å². The van der Waals surface area contributed by atoms with E-state index in [1.165, 1.54) is 44.2 Å². The third kappa shape index (κ3) is 4.70. The summed E-state index contributed by atoms with van der Waals surface area (Å²) < 4.78 is 17.0. The first-order valence-corrected chi connectivity index (χ1v) is 13.3. The van der Waals surface area contributed by atoms with E-state index in [2.05, 4.69) is 22.3 Å². The Morgan fingerprint density at radius 3 is 2.84 bits per heavy atom. The molecule has 6 rings (SSSR count). The molecule has 3 aliphatic rings. The number of methoxy groups -OCH3 is 1. The van der Waals surface area contributed by atoms with E-state index in [1.54, 1.807) is 25.4 Å². The van der Waals surface area contributed by atoms with Crippen LogP contribution in [0.15, 0.2) is 36.5 Å². The second-order valence-corrected chi connectivity index (χ2v) is 10.8. The number of fused-ring (bicyclic) bond motifs is 2. The minimum atomic E-state index is -0.808. The van der Waals surface area contributed by atoms with Crippen LogP contribution in [0.4, 0.5) is 0 Å². The molecule has 194 valence electrons. The predicted octanol–water partition coefficient (Wildman–Crippen LogP) is 4.64. The van der Waals surface area contributed by atoms with Gasteiger partial charge in [0.25, 0.3) is 5.91 Å². The van der Waals surface area contributed by atoms with Crippen molar-refractivity contribution in [3.8, 4) is 17.2 Å². The van der Waals surface area contributed by atoms with Crippen molar-refractivity contribution in [3.05, 3.63) is 53.3 Å². The summed E-state index contributed by atoms with van der Waals surface area (Å²) in [7, 11) is 1.54. The maximum atomic E-state index is 13.0. The van der Waals surface area contributed by atoms with Crippen LogP contribution in [-0.2, 0) is 13.0 Å². The zero-order valence-corrected chi connectivity index (χ0v) is 21.8. The lowest BCUT2D eigenvalue weighted by Crippen LogP contribution is -2.43. The molecule has 2 aromatic carbocycles. The number of para-hydroxylation sites is 1. The van der Waals surface area contributed by atoms with Gasteiger partial charge in [0.1, 0.15) is 0 Å². The molecule has 0 spiro atoms. The second-order valence-electron chi connectivity index (χ2n) is 10.8. The van der Waals surface area contributed by atoms with Crippen molar-refractivity contribution in [1.29, 1.82) is 0 Å². The van der Waals surface area contributed by atoms with Gasteiger partial charge < -0.3 is 19.5 Å². The van der Waals surface area contributed by atoms with E-state index < -0.39 is 5.79 Å². The maximum Gasteiger partial charge on any atom is 0.251 e. The third-order valence-electron chi connectivity index (χ3n) is 7.76. The van der Waals surface area contributed by atoms with Gasteiger partial charge in [0.15, 0.2) is 11.5 Å². The van der Waals surface area contributed by atoms with E-state index in [0.29, 0.717) is 34.5 Å².